The molecule has 1 atom stereocenters. The second-order valence-corrected chi connectivity index (χ2v) is 5.53. The molecule has 8 heteroatoms. The predicted octanol–water partition coefficient (Wildman–Crippen LogP) is 0.847. The summed E-state index contributed by atoms with van der Waals surface area (Å²) in [5.41, 5.74) is 6.32. The molecule has 1 heterocycles. The van der Waals surface area contributed by atoms with Crippen LogP contribution in [0.5, 0.6) is 0 Å². The van der Waals surface area contributed by atoms with E-state index in [4.69, 9.17) is 10.5 Å². The fraction of sp³-hybridized carbons (Fsp3) is 0.500. The van der Waals surface area contributed by atoms with Crippen LogP contribution in [-0.4, -0.2) is 44.2 Å². The fourth-order valence-electron chi connectivity index (χ4n) is 2.47. The van der Waals surface area contributed by atoms with Crippen molar-refractivity contribution in [3.63, 3.8) is 0 Å². The second kappa shape index (κ2) is 10.2. The summed E-state index contributed by atoms with van der Waals surface area (Å²) in [5, 5.41) is 5.37. The molecule has 24 heavy (non-hydrogen) atoms. The number of carbonyl (C=O) groups excluding carboxylic acids is 2. The first kappa shape index (κ1) is 20.3. The minimum Gasteiger partial charge on any atom is -0.381 e. The van der Waals surface area contributed by atoms with Crippen molar-refractivity contribution in [2.75, 3.05) is 26.3 Å². The summed E-state index contributed by atoms with van der Waals surface area (Å²) < 4.78 is 18.0. The molecule has 1 fully saturated rings. The maximum absolute atomic E-state index is 12.8. The van der Waals surface area contributed by atoms with Crippen LogP contribution in [-0.2, 0) is 9.53 Å². The van der Waals surface area contributed by atoms with Gasteiger partial charge in [0.15, 0.2) is 0 Å². The Labute approximate surface area is 146 Å². The van der Waals surface area contributed by atoms with Crippen LogP contribution in [0.25, 0.3) is 0 Å². The summed E-state index contributed by atoms with van der Waals surface area (Å²) in [6.07, 6.45) is 1.58. The van der Waals surface area contributed by atoms with Crippen LogP contribution in [0, 0.1) is 11.7 Å². The number of amides is 2. The quantitative estimate of drug-likeness (QED) is 0.656. The number of nitrogens with two attached hydrogens (primary N) is 1. The summed E-state index contributed by atoms with van der Waals surface area (Å²) in [6.45, 7) is 1.85. The van der Waals surface area contributed by atoms with E-state index in [0.717, 1.165) is 12.8 Å². The second-order valence-electron chi connectivity index (χ2n) is 5.53. The normalized spacial score (nSPS) is 15.9. The number of hydrogen-bond acceptors (Lipinski definition) is 4. The van der Waals surface area contributed by atoms with Crippen molar-refractivity contribution in [3.05, 3.63) is 35.6 Å². The molecule has 0 bridgehead atoms. The third-order valence-corrected chi connectivity index (χ3v) is 3.89. The molecule has 0 spiro atoms. The van der Waals surface area contributed by atoms with E-state index >= 15 is 0 Å². The third-order valence-electron chi connectivity index (χ3n) is 3.89. The lowest BCUT2D eigenvalue weighted by molar-refractivity contribution is -0.124. The lowest BCUT2D eigenvalue weighted by Gasteiger charge is -2.26. The van der Waals surface area contributed by atoms with Crippen molar-refractivity contribution >= 4 is 24.2 Å². The number of ether oxygens (including phenoxy) is 1. The fourth-order valence-corrected chi connectivity index (χ4v) is 2.47. The number of rotatable bonds is 6. The van der Waals surface area contributed by atoms with Crippen LogP contribution in [0.1, 0.15) is 23.2 Å². The molecule has 0 saturated carbocycles. The molecule has 1 aliphatic rings. The molecule has 1 aromatic carbocycles. The SMILES string of the molecule is Cl.NC(C(=O)NCCNC(=O)c1ccc(F)cc1)C1CCOCC1. The topological polar surface area (TPSA) is 93.5 Å². The molecule has 1 aliphatic heterocycles. The Morgan fingerprint density at radius 3 is 2.38 bits per heavy atom. The van der Waals surface area contributed by atoms with Gasteiger partial charge in [0.2, 0.25) is 5.91 Å². The Morgan fingerprint density at radius 2 is 1.75 bits per heavy atom. The monoisotopic (exact) mass is 359 g/mol. The van der Waals surface area contributed by atoms with Gasteiger partial charge >= 0.3 is 0 Å². The van der Waals surface area contributed by atoms with Crippen LogP contribution in [0.15, 0.2) is 24.3 Å². The highest BCUT2D eigenvalue weighted by atomic mass is 35.5. The van der Waals surface area contributed by atoms with E-state index in [9.17, 15) is 14.0 Å². The zero-order valence-electron chi connectivity index (χ0n) is 13.3. The van der Waals surface area contributed by atoms with Gasteiger partial charge in [-0.25, -0.2) is 4.39 Å². The van der Waals surface area contributed by atoms with Crippen LogP contribution < -0.4 is 16.4 Å². The van der Waals surface area contributed by atoms with Crippen molar-refractivity contribution in [3.8, 4) is 0 Å². The smallest absolute Gasteiger partial charge is 0.251 e. The molecular formula is C16H23ClFN3O3. The standard InChI is InChI=1S/C16H22FN3O3.ClH/c17-13-3-1-12(2-4-13)15(21)19-7-8-20-16(22)14(18)11-5-9-23-10-6-11;/h1-4,11,14H,5-10,18H2,(H,19,21)(H,20,22);1H. The summed E-state index contributed by atoms with van der Waals surface area (Å²) in [5.74, 6) is -0.783. The highest BCUT2D eigenvalue weighted by molar-refractivity contribution is 5.94. The highest BCUT2D eigenvalue weighted by Crippen LogP contribution is 2.17. The van der Waals surface area contributed by atoms with Gasteiger partial charge in [0.05, 0.1) is 6.04 Å². The molecule has 4 N–H and O–H groups in total. The number of nitrogens with one attached hydrogen (secondary N) is 2. The Balaban J connectivity index is 0.00000288. The van der Waals surface area contributed by atoms with E-state index in [-0.39, 0.29) is 36.7 Å². The molecule has 134 valence electrons. The van der Waals surface area contributed by atoms with Crippen molar-refractivity contribution < 1.29 is 18.7 Å². The number of carbonyl (C=O) groups is 2. The molecule has 0 aromatic heterocycles. The summed E-state index contributed by atoms with van der Waals surface area (Å²) in [6, 6.07) is 4.72. The number of hydrogen-bond donors (Lipinski definition) is 3. The van der Waals surface area contributed by atoms with E-state index in [0.29, 0.717) is 25.3 Å². The Morgan fingerprint density at radius 1 is 1.17 bits per heavy atom. The van der Waals surface area contributed by atoms with Gasteiger partial charge in [0.1, 0.15) is 5.82 Å². The van der Waals surface area contributed by atoms with Crippen molar-refractivity contribution in [2.45, 2.75) is 18.9 Å². The summed E-state index contributed by atoms with van der Waals surface area (Å²) in [7, 11) is 0. The first-order valence-electron chi connectivity index (χ1n) is 7.72. The average molecular weight is 360 g/mol. The molecular weight excluding hydrogens is 337 g/mol. The molecule has 0 aliphatic carbocycles. The van der Waals surface area contributed by atoms with Crippen molar-refractivity contribution in [1.29, 1.82) is 0 Å². The first-order valence-corrected chi connectivity index (χ1v) is 7.72. The molecule has 2 amide bonds. The third kappa shape index (κ3) is 6.07. The van der Waals surface area contributed by atoms with Gasteiger partial charge in [-0.1, -0.05) is 0 Å². The molecule has 0 radical (unpaired) electrons. The minimum atomic E-state index is -0.549. The Kier molecular flexibility index (Phi) is 8.67. The van der Waals surface area contributed by atoms with Gasteiger partial charge in [-0.15, -0.1) is 12.4 Å². The van der Waals surface area contributed by atoms with Crippen LogP contribution in [0.2, 0.25) is 0 Å². The maximum Gasteiger partial charge on any atom is 0.251 e. The molecule has 2 rings (SSSR count). The van der Waals surface area contributed by atoms with Gasteiger partial charge < -0.3 is 21.1 Å². The highest BCUT2D eigenvalue weighted by Gasteiger charge is 2.26. The van der Waals surface area contributed by atoms with Gasteiger partial charge in [0.25, 0.3) is 5.91 Å². The zero-order valence-corrected chi connectivity index (χ0v) is 14.1. The lowest BCUT2D eigenvalue weighted by atomic mass is 9.92. The predicted molar refractivity (Wildman–Crippen MR) is 90.5 cm³/mol. The van der Waals surface area contributed by atoms with Crippen molar-refractivity contribution in [2.24, 2.45) is 11.7 Å². The van der Waals surface area contributed by atoms with Gasteiger partial charge in [-0.05, 0) is 43.0 Å². The number of halogens is 2. The summed E-state index contributed by atoms with van der Waals surface area (Å²) in [4.78, 5) is 23.8. The van der Waals surface area contributed by atoms with Crippen molar-refractivity contribution in [1.82, 2.24) is 10.6 Å². The van der Waals surface area contributed by atoms with Gasteiger partial charge in [0, 0.05) is 31.9 Å². The number of benzene rings is 1. The minimum absolute atomic E-state index is 0. The molecule has 1 unspecified atom stereocenters. The molecule has 1 saturated heterocycles. The summed E-state index contributed by atoms with van der Waals surface area (Å²) >= 11 is 0. The van der Waals surface area contributed by atoms with E-state index < -0.39 is 11.9 Å². The van der Waals surface area contributed by atoms with Crippen LogP contribution in [0.3, 0.4) is 0 Å². The average Bonchev–Trinajstić information content (AvgIpc) is 2.59. The van der Waals surface area contributed by atoms with E-state index in [1.165, 1.54) is 24.3 Å². The zero-order chi connectivity index (χ0) is 16.7. The van der Waals surface area contributed by atoms with Crippen LogP contribution in [0.4, 0.5) is 4.39 Å². The molecule has 6 nitrogen and oxygen atoms in total. The van der Waals surface area contributed by atoms with Crippen LogP contribution >= 0.6 is 12.4 Å². The van der Waals surface area contributed by atoms with Gasteiger partial charge in [-0.2, -0.15) is 0 Å². The molecule has 1 aromatic rings. The van der Waals surface area contributed by atoms with E-state index in [2.05, 4.69) is 10.6 Å². The Hall–Kier alpha value is -1.70. The Bertz CT molecular complexity index is 536. The first-order chi connectivity index (χ1) is 11.1. The van der Waals surface area contributed by atoms with E-state index in [1.54, 1.807) is 0 Å². The van der Waals surface area contributed by atoms with Gasteiger partial charge in [-0.3, -0.25) is 9.59 Å². The maximum atomic E-state index is 12.8. The largest absolute Gasteiger partial charge is 0.381 e. The lowest BCUT2D eigenvalue weighted by Crippen LogP contribution is -2.48. The van der Waals surface area contributed by atoms with E-state index in [1.807, 2.05) is 0 Å².